The van der Waals surface area contributed by atoms with Gasteiger partial charge in [-0.25, -0.2) is 4.39 Å². The average Bonchev–Trinajstić information content (AvgIpc) is 2.99. The van der Waals surface area contributed by atoms with Crippen molar-refractivity contribution in [3.63, 3.8) is 0 Å². The van der Waals surface area contributed by atoms with Crippen molar-refractivity contribution in [2.24, 2.45) is 0 Å². The Hall–Kier alpha value is -1.50. The Morgan fingerprint density at radius 2 is 2.11 bits per heavy atom. The van der Waals surface area contributed by atoms with Gasteiger partial charge in [-0.05, 0) is 37.0 Å². The smallest absolute Gasteiger partial charge is 0.303 e. The molecule has 0 aromatic heterocycles. The first-order chi connectivity index (χ1) is 13.4. The van der Waals surface area contributed by atoms with Gasteiger partial charge in [-0.2, -0.15) is 0 Å². The maximum atomic E-state index is 13.2. The van der Waals surface area contributed by atoms with Gasteiger partial charge in [0.15, 0.2) is 0 Å². The molecule has 1 saturated heterocycles. The number of aliphatic hydroxyl groups excluding tert-OH is 1. The highest BCUT2D eigenvalue weighted by Gasteiger charge is 2.25. The van der Waals surface area contributed by atoms with Crippen molar-refractivity contribution in [3.05, 3.63) is 46.8 Å². The van der Waals surface area contributed by atoms with Crippen molar-refractivity contribution >= 4 is 34.8 Å². The van der Waals surface area contributed by atoms with E-state index in [-0.39, 0.29) is 17.5 Å². The minimum Gasteiger partial charge on any atom is -0.481 e. The van der Waals surface area contributed by atoms with Gasteiger partial charge in [0, 0.05) is 31.8 Å². The Bertz CT molecular complexity index is 713. The Balaban J connectivity index is 1.79. The third kappa shape index (κ3) is 7.49. The number of hydrogen-bond acceptors (Lipinski definition) is 3. The lowest BCUT2D eigenvalue weighted by Crippen LogP contribution is -2.32. The number of aliphatic hydroxyl groups is 1. The zero-order chi connectivity index (χ0) is 20.5. The molecule has 1 aliphatic heterocycles. The number of rotatable bonds is 11. The number of benzene rings is 1. The van der Waals surface area contributed by atoms with E-state index in [0.29, 0.717) is 12.8 Å². The number of unbranched alkanes of at least 4 members (excludes halogenated alkanes) is 3. The first-order valence-corrected chi connectivity index (χ1v) is 10.5. The molecule has 1 aromatic rings. The predicted octanol–water partition coefficient (Wildman–Crippen LogP) is 4.77. The third-order valence-corrected chi connectivity index (χ3v) is 5.63. The van der Waals surface area contributed by atoms with Crippen molar-refractivity contribution in [1.82, 2.24) is 4.90 Å². The van der Waals surface area contributed by atoms with E-state index in [1.165, 1.54) is 12.1 Å². The van der Waals surface area contributed by atoms with Crippen molar-refractivity contribution in [1.29, 1.82) is 0 Å². The topological polar surface area (TPSA) is 60.8 Å². The quantitative estimate of drug-likeness (QED) is 0.303. The molecule has 1 aromatic carbocycles. The maximum absolute atomic E-state index is 13.2. The van der Waals surface area contributed by atoms with Crippen LogP contribution in [0, 0.1) is 5.82 Å². The number of nitrogens with zero attached hydrogens (tertiary/aromatic N) is 1. The van der Waals surface area contributed by atoms with Gasteiger partial charge in [0.2, 0.25) is 0 Å². The number of hydrogen-bond donors (Lipinski definition) is 2. The first-order valence-electron chi connectivity index (χ1n) is 9.68. The van der Waals surface area contributed by atoms with Crippen LogP contribution in [-0.2, 0) is 11.2 Å². The standard InChI is InChI=1S/C21H27ClFNO3S/c22-18-14-15(6-10-19(18)23)13-17(25)9-7-16-8-11-20(28)24(16)12-4-2-1-3-5-21(26)27/h6-7,9-10,14,16-17,25H,1-5,8,11-13H2,(H,26,27)/b9-7+/t16-,17+/m0/s1. The second kappa shape index (κ2) is 11.5. The minimum absolute atomic E-state index is 0.0596. The van der Waals surface area contributed by atoms with Crippen LogP contribution in [-0.4, -0.2) is 44.8 Å². The van der Waals surface area contributed by atoms with Gasteiger partial charge in [-0.3, -0.25) is 4.79 Å². The number of likely N-dealkylation sites (tertiary alicyclic amines) is 1. The fraction of sp³-hybridized carbons (Fsp3) is 0.524. The highest BCUT2D eigenvalue weighted by Crippen LogP contribution is 2.23. The molecule has 7 heteroatoms. The predicted molar refractivity (Wildman–Crippen MR) is 113 cm³/mol. The summed E-state index contributed by atoms with van der Waals surface area (Å²) in [5.74, 6) is -1.21. The molecule has 1 fully saturated rings. The van der Waals surface area contributed by atoms with E-state index < -0.39 is 17.9 Å². The summed E-state index contributed by atoms with van der Waals surface area (Å²) in [6, 6.07) is 4.65. The second-order valence-electron chi connectivity index (χ2n) is 7.16. The van der Waals surface area contributed by atoms with Crippen LogP contribution in [0.25, 0.3) is 0 Å². The minimum atomic E-state index is -0.743. The molecule has 2 N–H and O–H groups in total. The molecule has 0 aliphatic carbocycles. The lowest BCUT2D eigenvalue weighted by molar-refractivity contribution is -0.137. The van der Waals surface area contributed by atoms with Crippen LogP contribution in [0.4, 0.5) is 4.39 Å². The number of halogens is 2. The Morgan fingerprint density at radius 3 is 2.82 bits per heavy atom. The summed E-state index contributed by atoms with van der Waals surface area (Å²) in [4.78, 5) is 13.7. The van der Waals surface area contributed by atoms with Crippen LogP contribution in [0.1, 0.15) is 50.5 Å². The molecule has 2 atom stereocenters. The largest absolute Gasteiger partial charge is 0.481 e. The monoisotopic (exact) mass is 427 g/mol. The highest BCUT2D eigenvalue weighted by atomic mass is 35.5. The first kappa shape index (κ1) is 22.8. The SMILES string of the molecule is O=C(O)CCCCCCN1C(=S)CC[C@@H]1/C=C/[C@@H](O)Cc1ccc(F)c(Cl)c1. The number of carboxylic acids is 1. The molecule has 4 nitrogen and oxygen atoms in total. The zero-order valence-electron chi connectivity index (χ0n) is 15.8. The highest BCUT2D eigenvalue weighted by molar-refractivity contribution is 7.80. The third-order valence-electron chi connectivity index (χ3n) is 4.90. The van der Waals surface area contributed by atoms with Crippen LogP contribution in [0.5, 0.6) is 0 Å². The van der Waals surface area contributed by atoms with Gasteiger partial charge >= 0.3 is 5.97 Å². The van der Waals surface area contributed by atoms with Crippen LogP contribution < -0.4 is 0 Å². The summed E-state index contributed by atoms with van der Waals surface area (Å²) < 4.78 is 13.2. The number of thiocarbonyl (C=S) groups is 1. The molecule has 0 bridgehead atoms. The molecule has 154 valence electrons. The molecule has 28 heavy (non-hydrogen) atoms. The lowest BCUT2D eigenvalue weighted by Gasteiger charge is -2.24. The van der Waals surface area contributed by atoms with Gasteiger partial charge < -0.3 is 15.1 Å². The Kier molecular flexibility index (Phi) is 9.35. The number of aliphatic carboxylic acids is 1. The van der Waals surface area contributed by atoms with E-state index in [9.17, 15) is 14.3 Å². The van der Waals surface area contributed by atoms with E-state index in [0.717, 1.165) is 49.2 Å². The van der Waals surface area contributed by atoms with E-state index in [4.69, 9.17) is 28.9 Å². The van der Waals surface area contributed by atoms with Crippen molar-refractivity contribution in [3.8, 4) is 0 Å². The second-order valence-corrected chi connectivity index (χ2v) is 8.03. The molecular weight excluding hydrogens is 401 g/mol. The van der Waals surface area contributed by atoms with Gasteiger partial charge in [0.25, 0.3) is 0 Å². The number of carbonyl (C=O) groups is 1. The van der Waals surface area contributed by atoms with Crippen LogP contribution >= 0.6 is 23.8 Å². The normalized spacial score (nSPS) is 18.2. The molecule has 0 saturated carbocycles. The summed E-state index contributed by atoms with van der Waals surface area (Å²) in [7, 11) is 0. The molecule has 2 rings (SSSR count). The summed E-state index contributed by atoms with van der Waals surface area (Å²) in [5.41, 5.74) is 0.781. The Morgan fingerprint density at radius 1 is 1.36 bits per heavy atom. The molecule has 1 heterocycles. The summed E-state index contributed by atoms with van der Waals surface area (Å²) in [5, 5.41) is 19.0. The fourth-order valence-electron chi connectivity index (χ4n) is 3.39. The van der Waals surface area contributed by atoms with E-state index in [2.05, 4.69) is 4.90 Å². The average molecular weight is 428 g/mol. The summed E-state index contributed by atoms with van der Waals surface area (Å²) in [6.07, 6.45) is 9.08. The Labute approximate surface area is 176 Å². The number of carboxylic acid groups (broad SMARTS) is 1. The fourth-order valence-corrected chi connectivity index (χ4v) is 3.94. The van der Waals surface area contributed by atoms with Crippen molar-refractivity contribution in [2.75, 3.05) is 6.54 Å². The van der Waals surface area contributed by atoms with Gasteiger partial charge in [0.1, 0.15) is 5.82 Å². The van der Waals surface area contributed by atoms with E-state index in [1.807, 2.05) is 6.08 Å². The van der Waals surface area contributed by atoms with E-state index in [1.54, 1.807) is 12.1 Å². The zero-order valence-corrected chi connectivity index (χ0v) is 17.4. The van der Waals surface area contributed by atoms with Crippen LogP contribution in [0.3, 0.4) is 0 Å². The van der Waals surface area contributed by atoms with Gasteiger partial charge in [-0.15, -0.1) is 0 Å². The van der Waals surface area contributed by atoms with Gasteiger partial charge in [-0.1, -0.05) is 54.9 Å². The van der Waals surface area contributed by atoms with Gasteiger partial charge in [0.05, 0.1) is 16.1 Å². The van der Waals surface area contributed by atoms with Crippen molar-refractivity contribution in [2.45, 2.75) is 63.5 Å². The van der Waals surface area contributed by atoms with E-state index >= 15 is 0 Å². The van der Waals surface area contributed by atoms with Crippen molar-refractivity contribution < 1.29 is 19.4 Å². The molecule has 0 amide bonds. The molecule has 0 spiro atoms. The lowest BCUT2D eigenvalue weighted by atomic mass is 10.1. The molecular formula is C21H27ClFNO3S. The summed E-state index contributed by atoms with van der Waals surface area (Å²) in [6.45, 7) is 0.852. The molecule has 1 aliphatic rings. The summed E-state index contributed by atoms with van der Waals surface area (Å²) >= 11 is 11.2. The van der Waals surface area contributed by atoms with Crippen LogP contribution in [0.15, 0.2) is 30.4 Å². The van der Waals surface area contributed by atoms with Crippen LogP contribution in [0.2, 0.25) is 5.02 Å². The molecule has 0 radical (unpaired) electrons. The molecule has 0 unspecified atom stereocenters. The maximum Gasteiger partial charge on any atom is 0.303 e.